The summed E-state index contributed by atoms with van der Waals surface area (Å²) in [7, 11) is 0. The van der Waals surface area contributed by atoms with Gasteiger partial charge < -0.3 is 14.6 Å². The summed E-state index contributed by atoms with van der Waals surface area (Å²) in [4.78, 5) is 7.00. The summed E-state index contributed by atoms with van der Waals surface area (Å²) >= 11 is 0. The molecule has 0 spiro atoms. The van der Waals surface area contributed by atoms with Crippen molar-refractivity contribution in [1.82, 2.24) is 20.4 Å². The van der Waals surface area contributed by atoms with Gasteiger partial charge in [0.1, 0.15) is 0 Å². The zero-order valence-corrected chi connectivity index (χ0v) is 13.9. The molecule has 4 rings (SSSR count). The minimum absolute atomic E-state index is 0.414. The third-order valence-corrected chi connectivity index (χ3v) is 5.19. The molecular formula is C17H28N4O2. The molecule has 3 aliphatic rings. The standard InChI is InChI=1S/C17H28N4O2/c1-2-9-22-15(5-1)10-18-14-4-3-8-21(11-14)12-16-19-17(23-20-16)13-6-7-13/h13-15,18H,1-12H2/t14-,15+/m1/s1. The molecule has 1 N–H and O–H groups in total. The first-order valence-corrected chi connectivity index (χ1v) is 9.26. The molecular weight excluding hydrogens is 292 g/mol. The predicted octanol–water partition coefficient (Wildman–Crippen LogP) is 2.07. The smallest absolute Gasteiger partial charge is 0.229 e. The van der Waals surface area contributed by atoms with E-state index in [1.807, 2.05) is 0 Å². The fourth-order valence-electron chi connectivity index (χ4n) is 3.66. The van der Waals surface area contributed by atoms with Crippen LogP contribution in [0.5, 0.6) is 0 Å². The average molecular weight is 320 g/mol. The van der Waals surface area contributed by atoms with Gasteiger partial charge in [-0.1, -0.05) is 5.16 Å². The summed E-state index contributed by atoms with van der Waals surface area (Å²) in [5.74, 6) is 2.24. The van der Waals surface area contributed by atoms with Gasteiger partial charge >= 0.3 is 0 Å². The van der Waals surface area contributed by atoms with Crippen molar-refractivity contribution in [3.05, 3.63) is 11.7 Å². The van der Waals surface area contributed by atoms with Crippen LogP contribution in [-0.4, -0.2) is 53.4 Å². The van der Waals surface area contributed by atoms with E-state index in [9.17, 15) is 0 Å². The molecule has 6 heteroatoms. The third-order valence-electron chi connectivity index (χ3n) is 5.19. The van der Waals surface area contributed by atoms with Crippen LogP contribution in [0.1, 0.15) is 62.6 Å². The van der Waals surface area contributed by atoms with Crippen molar-refractivity contribution >= 4 is 0 Å². The second-order valence-corrected chi connectivity index (χ2v) is 7.29. The van der Waals surface area contributed by atoms with E-state index in [0.717, 1.165) is 44.5 Å². The van der Waals surface area contributed by atoms with Crippen molar-refractivity contribution in [2.45, 2.75) is 69.6 Å². The number of hydrogen-bond donors (Lipinski definition) is 1. The van der Waals surface area contributed by atoms with Gasteiger partial charge in [-0.25, -0.2) is 0 Å². The van der Waals surface area contributed by atoms with Crippen molar-refractivity contribution < 1.29 is 9.26 Å². The summed E-state index contributed by atoms with van der Waals surface area (Å²) in [5.41, 5.74) is 0. The number of piperidine rings is 1. The lowest BCUT2D eigenvalue weighted by molar-refractivity contribution is 0.0134. The first kappa shape index (κ1) is 15.5. The molecule has 1 saturated carbocycles. The van der Waals surface area contributed by atoms with Crippen molar-refractivity contribution in [2.75, 3.05) is 26.2 Å². The Morgan fingerprint density at radius 2 is 2.09 bits per heavy atom. The number of hydrogen-bond acceptors (Lipinski definition) is 6. The first-order chi connectivity index (χ1) is 11.4. The van der Waals surface area contributed by atoms with E-state index < -0.39 is 0 Å². The number of rotatable bonds is 6. The Kier molecular flexibility index (Phi) is 4.92. The zero-order valence-electron chi connectivity index (χ0n) is 13.9. The van der Waals surface area contributed by atoms with Gasteiger partial charge in [-0.2, -0.15) is 4.98 Å². The second-order valence-electron chi connectivity index (χ2n) is 7.29. The van der Waals surface area contributed by atoms with E-state index in [4.69, 9.17) is 9.26 Å². The van der Waals surface area contributed by atoms with Crippen LogP contribution in [-0.2, 0) is 11.3 Å². The highest BCUT2D eigenvalue weighted by molar-refractivity contribution is 5.01. The molecule has 1 aromatic heterocycles. The Labute approximate surface area is 137 Å². The van der Waals surface area contributed by atoms with Crippen LogP contribution >= 0.6 is 0 Å². The van der Waals surface area contributed by atoms with Gasteiger partial charge in [0.25, 0.3) is 0 Å². The lowest BCUT2D eigenvalue weighted by Crippen LogP contribution is -2.47. The minimum atomic E-state index is 0.414. The van der Waals surface area contributed by atoms with Gasteiger partial charge in [0, 0.05) is 31.7 Å². The van der Waals surface area contributed by atoms with E-state index in [-0.39, 0.29) is 0 Å². The zero-order chi connectivity index (χ0) is 15.5. The van der Waals surface area contributed by atoms with Gasteiger partial charge in [-0.3, -0.25) is 4.90 Å². The molecule has 0 amide bonds. The Hall–Kier alpha value is -0.980. The van der Waals surface area contributed by atoms with Crippen LogP contribution in [0, 0.1) is 0 Å². The molecule has 3 fully saturated rings. The van der Waals surface area contributed by atoms with Gasteiger partial charge in [0.15, 0.2) is 5.82 Å². The Morgan fingerprint density at radius 1 is 1.13 bits per heavy atom. The second kappa shape index (κ2) is 7.28. The predicted molar refractivity (Wildman–Crippen MR) is 86.2 cm³/mol. The number of likely N-dealkylation sites (tertiary alicyclic amines) is 1. The van der Waals surface area contributed by atoms with E-state index >= 15 is 0 Å². The topological polar surface area (TPSA) is 63.4 Å². The van der Waals surface area contributed by atoms with Crippen molar-refractivity contribution in [2.24, 2.45) is 0 Å². The van der Waals surface area contributed by atoms with Crippen LogP contribution in [0.2, 0.25) is 0 Å². The maximum absolute atomic E-state index is 5.81. The van der Waals surface area contributed by atoms with Crippen LogP contribution in [0.15, 0.2) is 4.52 Å². The van der Waals surface area contributed by atoms with Crippen molar-refractivity contribution in [3.63, 3.8) is 0 Å². The maximum atomic E-state index is 5.81. The first-order valence-electron chi connectivity index (χ1n) is 9.26. The van der Waals surface area contributed by atoms with Crippen LogP contribution in [0.4, 0.5) is 0 Å². The van der Waals surface area contributed by atoms with Gasteiger partial charge in [0.2, 0.25) is 5.89 Å². The average Bonchev–Trinajstić information content (AvgIpc) is 3.34. The largest absolute Gasteiger partial charge is 0.377 e. The van der Waals surface area contributed by atoms with E-state index in [1.165, 1.54) is 44.9 Å². The monoisotopic (exact) mass is 320 g/mol. The lowest BCUT2D eigenvalue weighted by Gasteiger charge is -2.33. The molecule has 23 heavy (non-hydrogen) atoms. The number of ether oxygens (including phenoxy) is 1. The highest BCUT2D eigenvalue weighted by atomic mass is 16.5. The SMILES string of the molecule is C1CC[C@@H](CN[C@@H]2CCCN(Cc3noc(C4CC4)n3)C2)OC1. The highest BCUT2D eigenvalue weighted by Crippen LogP contribution is 2.38. The van der Waals surface area contributed by atoms with Crippen molar-refractivity contribution in [1.29, 1.82) is 0 Å². The molecule has 6 nitrogen and oxygen atoms in total. The fourth-order valence-corrected chi connectivity index (χ4v) is 3.66. The summed E-state index contributed by atoms with van der Waals surface area (Å²) in [6.07, 6.45) is 9.06. The molecule has 0 unspecified atom stereocenters. The van der Waals surface area contributed by atoms with Gasteiger partial charge in [-0.15, -0.1) is 0 Å². The minimum Gasteiger partial charge on any atom is -0.377 e. The Morgan fingerprint density at radius 3 is 2.91 bits per heavy atom. The number of nitrogens with zero attached hydrogens (tertiary/aromatic N) is 3. The van der Waals surface area contributed by atoms with E-state index in [2.05, 4.69) is 20.4 Å². The molecule has 0 bridgehead atoms. The molecule has 0 radical (unpaired) electrons. The maximum Gasteiger partial charge on any atom is 0.229 e. The number of nitrogens with one attached hydrogen (secondary N) is 1. The molecule has 2 atom stereocenters. The summed E-state index contributed by atoms with van der Waals surface area (Å²) in [5, 5.41) is 7.86. The quantitative estimate of drug-likeness (QED) is 0.866. The summed E-state index contributed by atoms with van der Waals surface area (Å²) in [6, 6.07) is 0.559. The van der Waals surface area contributed by atoms with Gasteiger partial charge in [0.05, 0.1) is 12.6 Å². The van der Waals surface area contributed by atoms with Crippen molar-refractivity contribution in [3.8, 4) is 0 Å². The normalized spacial score (nSPS) is 29.7. The van der Waals surface area contributed by atoms with E-state index in [1.54, 1.807) is 0 Å². The fraction of sp³-hybridized carbons (Fsp3) is 0.882. The lowest BCUT2D eigenvalue weighted by atomic mass is 10.0. The summed E-state index contributed by atoms with van der Waals surface area (Å²) < 4.78 is 11.2. The Bertz CT molecular complexity index is 497. The van der Waals surface area contributed by atoms with Crippen LogP contribution in [0.25, 0.3) is 0 Å². The molecule has 1 aliphatic carbocycles. The van der Waals surface area contributed by atoms with Crippen LogP contribution in [0.3, 0.4) is 0 Å². The molecule has 1 aromatic rings. The van der Waals surface area contributed by atoms with Crippen LogP contribution < -0.4 is 5.32 Å². The number of aromatic nitrogens is 2. The van der Waals surface area contributed by atoms with E-state index in [0.29, 0.717) is 18.1 Å². The Balaban J connectivity index is 1.23. The molecule has 2 saturated heterocycles. The molecule has 0 aromatic carbocycles. The summed E-state index contributed by atoms with van der Waals surface area (Å²) in [6.45, 7) is 4.94. The highest BCUT2D eigenvalue weighted by Gasteiger charge is 2.30. The molecule has 128 valence electrons. The third kappa shape index (κ3) is 4.31. The van der Waals surface area contributed by atoms with Gasteiger partial charge in [-0.05, 0) is 51.5 Å². The molecule has 3 heterocycles. The molecule has 2 aliphatic heterocycles.